The van der Waals surface area contributed by atoms with Crippen molar-refractivity contribution in [1.29, 1.82) is 0 Å². The second-order valence-electron chi connectivity index (χ2n) is 6.15. The van der Waals surface area contributed by atoms with Gasteiger partial charge in [-0.25, -0.2) is 14.1 Å². The molecule has 8 nitrogen and oxygen atoms in total. The number of benzene rings is 2. The van der Waals surface area contributed by atoms with Crippen LogP contribution in [0.15, 0.2) is 48.0 Å². The maximum absolute atomic E-state index is 14.1. The quantitative estimate of drug-likeness (QED) is 0.351. The average Bonchev–Trinajstić information content (AvgIpc) is 2.73. The van der Waals surface area contributed by atoms with E-state index >= 15 is 0 Å². The number of methoxy groups -OCH3 is 1. The third-order valence-electron chi connectivity index (χ3n) is 4.21. The molecule has 0 saturated carbocycles. The molecule has 4 amide bonds. The van der Waals surface area contributed by atoms with Crippen LogP contribution in [0.1, 0.15) is 18.9 Å². The highest BCUT2D eigenvalue weighted by atomic mass is 19.1. The van der Waals surface area contributed by atoms with E-state index in [1.54, 1.807) is 6.92 Å². The van der Waals surface area contributed by atoms with Crippen molar-refractivity contribution in [3.63, 3.8) is 0 Å². The van der Waals surface area contributed by atoms with Crippen molar-refractivity contribution in [2.24, 2.45) is 0 Å². The second kappa shape index (κ2) is 8.56. The molecule has 0 spiro atoms. The van der Waals surface area contributed by atoms with Crippen LogP contribution in [0.5, 0.6) is 11.5 Å². The molecule has 0 unspecified atom stereocenters. The van der Waals surface area contributed by atoms with Gasteiger partial charge in [0.15, 0.2) is 11.5 Å². The Hall–Kier alpha value is -4.01. The number of barbiturate groups is 1. The highest BCUT2D eigenvalue weighted by molar-refractivity contribution is 6.39. The molecule has 2 aromatic rings. The fourth-order valence-electron chi connectivity index (χ4n) is 2.73. The minimum Gasteiger partial charge on any atom is -0.493 e. The molecule has 1 aliphatic rings. The van der Waals surface area contributed by atoms with Gasteiger partial charge < -0.3 is 9.47 Å². The molecule has 154 valence electrons. The number of carbonyl (C=O) groups excluding carboxylic acids is 4. The molecule has 3 rings (SSSR count). The summed E-state index contributed by atoms with van der Waals surface area (Å²) in [6.07, 6.45) is 1.40. The van der Waals surface area contributed by atoms with Crippen molar-refractivity contribution in [3.05, 3.63) is 59.4 Å². The second-order valence-corrected chi connectivity index (χ2v) is 6.15. The topological polar surface area (TPSA) is 102 Å². The minimum atomic E-state index is -1.05. The van der Waals surface area contributed by atoms with E-state index in [1.165, 1.54) is 49.6 Å². The van der Waals surface area contributed by atoms with Gasteiger partial charge in [0.2, 0.25) is 0 Å². The summed E-state index contributed by atoms with van der Waals surface area (Å²) in [5.41, 5.74) is -0.291. The Kier molecular flexibility index (Phi) is 5.91. The van der Waals surface area contributed by atoms with Crippen molar-refractivity contribution in [2.45, 2.75) is 13.3 Å². The maximum atomic E-state index is 14.1. The molecule has 1 saturated heterocycles. The Labute approximate surface area is 170 Å². The van der Waals surface area contributed by atoms with Gasteiger partial charge >= 0.3 is 12.0 Å². The van der Waals surface area contributed by atoms with E-state index in [1.807, 2.05) is 5.32 Å². The zero-order valence-corrected chi connectivity index (χ0v) is 16.1. The van der Waals surface area contributed by atoms with E-state index in [4.69, 9.17) is 9.47 Å². The van der Waals surface area contributed by atoms with Crippen LogP contribution in [0.25, 0.3) is 6.08 Å². The number of rotatable bonds is 5. The summed E-state index contributed by atoms with van der Waals surface area (Å²) in [6, 6.07) is 8.56. The monoisotopic (exact) mass is 412 g/mol. The molecular formula is C21H17FN2O6. The van der Waals surface area contributed by atoms with E-state index in [2.05, 4.69) is 0 Å². The predicted molar refractivity (Wildman–Crippen MR) is 104 cm³/mol. The fourth-order valence-corrected chi connectivity index (χ4v) is 2.73. The summed E-state index contributed by atoms with van der Waals surface area (Å²) in [4.78, 5) is 49.3. The molecule has 1 heterocycles. The lowest BCUT2D eigenvalue weighted by Gasteiger charge is -2.26. The van der Waals surface area contributed by atoms with Crippen LogP contribution >= 0.6 is 0 Å². The lowest BCUT2D eigenvalue weighted by Crippen LogP contribution is -2.54. The van der Waals surface area contributed by atoms with E-state index in [0.29, 0.717) is 10.5 Å². The lowest BCUT2D eigenvalue weighted by molar-refractivity contribution is -0.134. The zero-order chi connectivity index (χ0) is 21.8. The van der Waals surface area contributed by atoms with Gasteiger partial charge in [-0.3, -0.25) is 19.7 Å². The molecule has 0 atom stereocenters. The summed E-state index contributed by atoms with van der Waals surface area (Å²) >= 11 is 0. The van der Waals surface area contributed by atoms with Crippen molar-refractivity contribution in [2.75, 3.05) is 12.0 Å². The fraction of sp³-hybridized carbons (Fsp3) is 0.143. The van der Waals surface area contributed by atoms with Crippen LogP contribution in [0.2, 0.25) is 0 Å². The summed E-state index contributed by atoms with van der Waals surface area (Å²) in [6.45, 7) is 1.64. The molecule has 1 fully saturated rings. The first-order valence-corrected chi connectivity index (χ1v) is 8.90. The zero-order valence-electron chi connectivity index (χ0n) is 16.1. The van der Waals surface area contributed by atoms with Crippen molar-refractivity contribution in [1.82, 2.24) is 5.32 Å². The van der Waals surface area contributed by atoms with Gasteiger partial charge in [-0.05, 0) is 35.9 Å². The highest BCUT2D eigenvalue weighted by Crippen LogP contribution is 2.30. The number of halogens is 1. The van der Waals surface area contributed by atoms with Crippen molar-refractivity contribution in [3.8, 4) is 11.5 Å². The van der Waals surface area contributed by atoms with Gasteiger partial charge in [-0.15, -0.1) is 0 Å². The SMILES string of the molecule is CCC(=O)Oc1ccc(/C=C2/C(=O)NC(=O)N(c3ccccc3F)C2=O)cc1OC. The van der Waals surface area contributed by atoms with Gasteiger partial charge in [0.25, 0.3) is 11.8 Å². The minimum absolute atomic E-state index is 0.170. The molecule has 2 aromatic carbocycles. The van der Waals surface area contributed by atoms with Gasteiger partial charge in [0, 0.05) is 6.42 Å². The molecule has 1 aliphatic heterocycles. The average molecular weight is 412 g/mol. The number of amides is 4. The number of hydrogen-bond donors (Lipinski definition) is 1. The first-order valence-electron chi connectivity index (χ1n) is 8.90. The largest absolute Gasteiger partial charge is 0.493 e. The number of ether oxygens (including phenoxy) is 2. The summed E-state index contributed by atoms with van der Waals surface area (Å²) < 4.78 is 24.5. The summed E-state index contributed by atoms with van der Waals surface area (Å²) in [5.74, 6) is -2.77. The van der Waals surface area contributed by atoms with Crippen LogP contribution in [-0.2, 0) is 14.4 Å². The number of hydrogen-bond acceptors (Lipinski definition) is 6. The molecule has 0 bridgehead atoms. The van der Waals surface area contributed by atoms with Crippen LogP contribution in [0.3, 0.4) is 0 Å². The smallest absolute Gasteiger partial charge is 0.336 e. The molecule has 0 radical (unpaired) electrons. The number of imide groups is 2. The molecular weight excluding hydrogens is 395 g/mol. The number of esters is 1. The van der Waals surface area contributed by atoms with Crippen LogP contribution in [-0.4, -0.2) is 30.9 Å². The normalized spacial score (nSPS) is 15.2. The molecule has 30 heavy (non-hydrogen) atoms. The maximum Gasteiger partial charge on any atom is 0.336 e. The first kappa shape index (κ1) is 20.7. The van der Waals surface area contributed by atoms with Crippen LogP contribution < -0.4 is 19.7 Å². The predicted octanol–water partition coefficient (Wildman–Crippen LogP) is 2.82. The van der Waals surface area contributed by atoms with Gasteiger partial charge in [0.05, 0.1) is 12.8 Å². The molecule has 0 aliphatic carbocycles. The third-order valence-corrected chi connectivity index (χ3v) is 4.21. The molecule has 9 heteroatoms. The molecule has 1 N–H and O–H groups in total. The van der Waals surface area contributed by atoms with Gasteiger partial charge in [-0.1, -0.05) is 25.1 Å². The van der Waals surface area contributed by atoms with Crippen molar-refractivity contribution >= 4 is 35.6 Å². The number of anilines is 1. The Bertz CT molecular complexity index is 1080. The Morgan fingerprint density at radius 2 is 1.87 bits per heavy atom. The van der Waals surface area contributed by atoms with Crippen LogP contribution in [0.4, 0.5) is 14.9 Å². The number of para-hydroxylation sites is 1. The number of urea groups is 1. The van der Waals surface area contributed by atoms with Gasteiger partial charge in [0.1, 0.15) is 11.4 Å². The van der Waals surface area contributed by atoms with E-state index in [9.17, 15) is 23.6 Å². The van der Waals surface area contributed by atoms with Crippen molar-refractivity contribution < 1.29 is 33.0 Å². The lowest BCUT2D eigenvalue weighted by atomic mass is 10.1. The Morgan fingerprint density at radius 3 is 2.53 bits per heavy atom. The van der Waals surface area contributed by atoms with Gasteiger partial charge in [-0.2, -0.15) is 0 Å². The standard InChI is InChI=1S/C21H17FN2O6/c1-3-18(25)30-16-9-8-12(11-17(16)29-2)10-13-19(26)23-21(28)24(20(13)27)15-7-5-4-6-14(15)22/h4-11H,3H2,1-2H3,(H,23,26,28)/b13-10-. The van der Waals surface area contributed by atoms with Crippen LogP contribution in [0, 0.1) is 5.82 Å². The van der Waals surface area contributed by atoms with E-state index in [0.717, 1.165) is 6.07 Å². The van der Waals surface area contributed by atoms with E-state index < -0.39 is 29.6 Å². The summed E-state index contributed by atoms with van der Waals surface area (Å²) in [7, 11) is 1.37. The Balaban J connectivity index is 1.98. The first-order chi connectivity index (χ1) is 14.3. The number of nitrogens with one attached hydrogen (secondary N) is 1. The summed E-state index contributed by atoms with van der Waals surface area (Å²) in [5, 5.41) is 2.02. The third kappa shape index (κ3) is 4.04. The number of nitrogens with zero attached hydrogens (tertiary/aromatic N) is 1. The molecule has 0 aromatic heterocycles. The highest BCUT2D eigenvalue weighted by Gasteiger charge is 2.37. The number of carbonyl (C=O) groups is 4. The Morgan fingerprint density at radius 1 is 1.13 bits per heavy atom. The van der Waals surface area contributed by atoms with E-state index in [-0.39, 0.29) is 29.2 Å².